The van der Waals surface area contributed by atoms with Crippen LogP contribution in [0.1, 0.15) is 10.5 Å². The molecule has 2 aromatic rings. The van der Waals surface area contributed by atoms with E-state index in [9.17, 15) is 14.4 Å². The summed E-state index contributed by atoms with van der Waals surface area (Å²) in [7, 11) is 2.97. The first kappa shape index (κ1) is 20.2. The highest BCUT2D eigenvalue weighted by Gasteiger charge is 2.24. The third-order valence-electron chi connectivity index (χ3n) is 4.55. The van der Waals surface area contributed by atoms with Crippen molar-refractivity contribution < 1.29 is 23.8 Å². The van der Waals surface area contributed by atoms with Crippen LogP contribution in [0.4, 0.5) is 0 Å². The number of amides is 2. The first-order chi connectivity index (χ1) is 14.0. The van der Waals surface area contributed by atoms with Crippen molar-refractivity contribution >= 4 is 11.8 Å². The number of carbonyl (C=O) groups excluding carboxylic acids is 2. The van der Waals surface area contributed by atoms with Gasteiger partial charge in [-0.1, -0.05) is 6.07 Å². The van der Waals surface area contributed by atoms with Crippen molar-refractivity contribution in [2.24, 2.45) is 0 Å². The number of pyridine rings is 1. The Balaban J connectivity index is 1.48. The molecule has 2 heterocycles. The standard InChI is InChI=1S/C20H23N3O6/c1-27-14-4-3-5-15(10-14)29-13-19(25)21-6-7-22-8-9-23-12-18(28-2)17(24)11-16(23)20(22)26/h3-5,10-12H,6-9,13H2,1-2H3,(H,21,25). The smallest absolute Gasteiger partial charge is 0.270 e. The van der Waals surface area contributed by atoms with Crippen molar-refractivity contribution in [3.8, 4) is 17.2 Å². The van der Waals surface area contributed by atoms with Gasteiger partial charge in [-0.15, -0.1) is 0 Å². The molecule has 3 rings (SSSR count). The predicted octanol–water partition coefficient (Wildman–Crippen LogP) is 0.517. The van der Waals surface area contributed by atoms with Crippen LogP contribution in [0.15, 0.2) is 41.3 Å². The Morgan fingerprint density at radius 2 is 1.90 bits per heavy atom. The van der Waals surface area contributed by atoms with Gasteiger partial charge in [-0.05, 0) is 12.1 Å². The van der Waals surface area contributed by atoms with Crippen LogP contribution >= 0.6 is 0 Å². The molecule has 0 fully saturated rings. The fourth-order valence-electron chi connectivity index (χ4n) is 3.00. The lowest BCUT2D eigenvalue weighted by Gasteiger charge is -2.30. The lowest BCUT2D eigenvalue weighted by Crippen LogP contribution is -2.45. The number of benzene rings is 1. The van der Waals surface area contributed by atoms with Crippen molar-refractivity contribution in [1.29, 1.82) is 0 Å². The highest BCUT2D eigenvalue weighted by Crippen LogP contribution is 2.18. The first-order valence-electron chi connectivity index (χ1n) is 9.13. The van der Waals surface area contributed by atoms with Gasteiger partial charge in [0.05, 0.1) is 20.4 Å². The van der Waals surface area contributed by atoms with Crippen LogP contribution in [-0.2, 0) is 11.3 Å². The zero-order valence-electron chi connectivity index (χ0n) is 16.3. The predicted molar refractivity (Wildman–Crippen MR) is 105 cm³/mol. The number of nitrogens with one attached hydrogen (secondary N) is 1. The molecule has 0 spiro atoms. The van der Waals surface area contributed by atoms with Crippen molar-refractivity contribution in [2.75, 3.05) is 40.5 Å². The summed E-state index contributed by atoms with van der Waals surface area (Å²) < 4.78 is 17.3. The first-order valence-corrected chi connectivity index (χ1v) is 9.13. The van der Waals surface area contributed by atoms with Crippen molar-refractivity contribution in [2.45, 2.75) is 6.54 Å². The van der Waals surface area contributed by atoms with Gasteiger partial charge in [0.1, 0.15) is 17.2 Å². The van der Waals surface area contributed by atoms with E-state index in [4.69, 9.17) is 14.2 Å². The molecule has 0 saturated carbocycles. The number of fused-ring (bicyclic) bond motifs is 1. The summed E-state index contributed by atoms with van der Waals surface area (Å²) >= 11 is 0. The van der Waals surface area contributed by atoms with E-state index < -0.39 is 0 Å². The van der Waals surface area contributed by atoms with Gasteiger partial charge in [0, 0.05) is 38.3 Å². The third kappa shape index (κ3) is 4.87. The summed E-state index contributed by atoms with van der Waals surface area (Å²) in [6, 6.07) is 8.26. The third-order valence-corrected chi connectivity index (χ3v) is 4.55. The van der Waals surface area contributed by atoms with E-state index >= 15 is 0 Å². The van der Waals surface area contributed by atoms with E-state index in [-0.39, 0.29) is 36.1 Å². The summed E-state index contributed by atoms with van der Waals surface area (Å²) in [5.74, 6) is 0.835. The number of aromatic nitrogens is 1. The van der Waals surface area contributed by atoms with E-state index in [2.05, 4.69) is 5.32 Å². The number of hydrogen-bond acceptors (Lipinski definition) is 6. The Bertz CT molecular complexity index is 955. The summed E-state index contributed by atoms with van der Waals surface area (Å²) in [6.07, 6.45) is 1.55. The van der Waals surface area contributed by atoms with E-state index in [1.54, 1.807) is 47.0 Å². The summed E-state index contributed by atoms with van der Waals surface area (Å²) in [6.45, 7) is 1.51. The normalized spacial score (nSPS) is 12.9. The zero-order chi connectivity index (χ0) is 20.8. The van der Waals surface area contributed by atoms with Gasteiger partial charge in [-0.2, -0.15) is 0 Å². The van der Waals surface area contributed by atoms with Gasteiger partial charge in [-0.25, -0.2) is 0 Å². The topological polar surface area (TPSA) is 99.1 Å². The Morgan fingerprint density at radius 3 is 2.66 bits per heavy atom. The minimum absolute atomic E-state index is 0.140. The molecule has 9 heteroatoms. The second kappa shape index (κ2) is 9.13. The lowest BCUT2D eigenvalue weighted by atomic mass is 10.2. The van der Waals surface area contributed by atoms with Crippen LogP contribution in [0, 0.1) is 0 Å². The van der Waals surface area contributed by atoms with Crippen LogP contribution in [-0.4, -0.2) is 61.7 Å². The van der Waals surface area contributed by atoms with E-state index in [1.165, 1.54) is 13.2 Å². The van der Waals surface area contributed by atoms with E-state index in [0.29, 0.717) is 36.8 Å². The van der Waals surface area contributed by atoms with Crippen LogP contribution < -0.4 is 25.0 Å². The minimum Gasteiger partial charge on any atom is -0.497 e. The molecule has 1 aliphatic rings. The molecule has 1 aromatic carbocycles. The number of carbonyl (C=O) groups is 2. The number of rotatable bonds is 8. The molecule has 9 nitrogen and oxygen atoms in total. The molecule has 0 atom stereocenters. The van der Waals surface area contributed by atoms with Crippen LogP contribution in [0.3, 0.4) is 0 Å². The Morgan fingerprint density at radius 1 is 1.10 bits per heavy atom. The molecule has 0 saturated heterocycles. The molecule has 0 unspecified atom stereocenters. The van der Waals surface area contributed by atoms with Gasteiger partial charge in [0.25, 0.3) is 11.8 Å². The summed E-state index contributed by atoms with van der Waals surface area (Å²) in [5, 5.41) is 2.73. The van der Waals surface area contributed by atoms with Gasteiger partial charge < -0.3 is 29.0 Å². The number of methoxy groups -OCH3 is 2. The average molecular weight is 401 g/mol. The van der Waals surface area contributed by atoms with Gasteiger partial charge in [0.2, 0.25) is 5.43 Å². The van der Waals surface area contributed by atoms with Gasteiger partial charge in [-0.3, -0.25) is 14.4 Å². The quantitative estimate of drug-likeness (QED) is 0.692. The highest BCUT2D eigenvalue weighted by atomic mass is 16.5. The summed E-state index contributed by atoms with van der Waals surface area (Å²) in [5.41, 5.74) is -0.0216. The number of nitrogens with zero attached hydrogens (tertiary/aromatic N) is 2. The van der Waals surface area contributed by atoms with Crippen molar-refractivity contribution in [3.63, 3.8) is 0 Å². The molecular weight excluding hydrogens is 378 g/mol. The second-order valence-electron chi connectivity index (χ2n) is 6.39. The maximum absolute atomic E-state index is 12.6. The SMILES string of the molecule is COc1cccc(OCC(=O)NCCN2CCn3cc(OC)c(=O)cc3C2=O)c1. The van der Waals surface area contributed by atoms with Gasteiger partial charge in [0.15, 0.2) is 12.4 Å². The maximum atomic E-state index is 12.6. The monoisotopic (exact) mass is 401 g/mol. The Labute approximate surface area is 167 Å². The average Bonchev–Trinajstić information content (AvgIpc) is 2.74. The maximum Gasteiger partial charge on any atom is 0.270 e. The molecule has 0 aliphatic carbocycles. The summed E-state index contributed by atoms with van der Waals surface area (Å²) in [4.78, 5) is 38.1. The lowest BCUT2D eigenvalue weighted by molar-refractivity contribution is -0.123. The largest absolute Gasteiger partial charge is 0.497 e. The van der Waals surface area contributed by atoms with Crippen molar-refractivity contribution in [3.05, 3.63) is 52.4 Å². The molecule has 0 bridgehead atoms. The molecule has 1 N–H and O–H groups in total. The molecule has 154 valence electrons. The van der Waals surface area contributed by atoms with E-state index in [1.807, 2.05) is 0 Å². The van der Waals surface area contributed by atoms with Crippen LogP contribution in [0.5, 0.6) is 17.2 Å². The molecule has 1 aliphatic heterocycles. The number of hydrogen-bond donors (Lipinski definition) is 1. The minimum atomic E-state index is -0.336. The van der Waals surface area contributed by atoms with Crippen LogP contribution in [0.25, 0.3) is 0 Å². The van der Waals surface area contributed by atoms with Crippen LogP contribution in [0.2, 0.25) is 0 Å². The van der Waals surface area contributed by atoms with Crippen molar-refractivity contribution in [1.82, 2.24) is 14.8 Å². The van der Waals surface area contributed by atoms with Gasteiger partial charge >= 0.3 is 0 Å². The molecular formula is C20H23N3O6. The number of ether oxygens (including phenoxy) is 3. The Hall–Kier alpha value is -3.49. The highest BCUT2D eigenvalue weighted by molar-refractivity contribution is 5.93. The molecule has 1 aromatic heterocycles. The zero-order valence-corrected chi connectivity index (χ0v) is 16.3. The molecule has 0 radical (unpaired) electrons. The Kier molecular flexibility index (Phi) is 6.38. The molecule has 2 amide bonds. The molecule has 29 heavy (non-hydrogen) atoms. The van der Waals surface area contributed by atoms with E-state index in [0.717, 1.165) is 0 Å². The fourth-order valence-corrected chi connectivity index (χ4v) is 3.00. The fraction of sp³-hybridized carbons (Fsp3) is 0.350. The second-order valence-corrected chi connectivity index (χ2v) is 6.39.